The number of aromatic hydroxyl groups is 1. The van der Waals surface area contributed by atoms with Crippen LogP contribution in [0.5, 0.6) is 5.75 Å². The highest BCUT2D eigenvalue weighted by Gasteiger charge is 2.11. The number of benzene rings is 2. The number of nitrogens with zero attached hydrogens (tertiary/aromatic N) is 1. The van der Waals surface area contributed by atoms with Gasteiger partial charge in [-0.15, -0.1) is 0 Å². The fraction of sp³-hybridized carbons (Fsp3) is 0.238. The van der Waals surface area contributed by atoms with E-state index < -0.39 is 5.91 Å². The van der Waals surface area contributed by atoms with Gasteiger partial charge in [0.1, 0.15) is 5.75 Å². The number of phenolic OH excluding ortho intramolecular Hbond substituents is 1. The molecule has 2 amide bonds. The molecule has 8 nitrogen and oxygen atoms in total. The van der Waals surface area contributed by atoms with Crippen LogP contribution >= 0.6 is 12.2 Å². The van der Waals surface area contributed by atoms with Crippen LogP contribution in [-0.2, 0) is 11.3 Å². The lowest BCUT2D eigenvalue weighted by Gasteiger charge is -2.09. The van der Waals surface area contributed by atoms with E-state index in [0.29, 0.717) is 35.1 Å². The molecule has 0 fully saturated rings. The number of aromatic amines is 1. The number of aromatic nitrogens is 2. The number of carbonyl (C=O) groups is 2. The first-order chi connectivity index (χ1) is 14.5. The fourth-order valence-electron chi connectivity index (χ4n) is 3.06. The third-order valence-electron chi connectivity index (χ3n) is 4.64. The average molecular weight is 426 g/mol. The molecule has 3 rings (SSSR count). The first kappa shape index (κ1) is 21.3. The maximum Gasteiger partial charge on any atom is 0.273 e. The third-order valence-corrected chi connectivity index (χ3v) is 4.96. The predicted molar refractivity (Wildman–Crippen MR) is 116 cm³/mol. The molecule has 0 spiro atoms. The first-order valence-electron chi connectivity index (χ1n) is 9.56. The van der Waals surface area contributed by atoms with Crippen LogP contribution in [-0.4, -0.2) is 26.5 Å². The summed E-state index contributed by atoms with van der Waals surface area (Å²) < 4.78 is 1.91. The number of amides is 2. The minimum absolute atomic E-state index is 0.0788. The fourth-order valence-corrected chi connectivity index (χ4v) is 3.34. The molecule has 0 radical (unpaired) electrons. The summed E-state index contributed by atoms with van der Waals surface area (Å²) >= 11 is 5.28. The molecule has 0 aliphatic rings. The van der Waals surface area contributed by atoms with Crippen LogP contribution in [0.25, 0.3) is 10.9 Å². The zero-order valence-corrected chi connectivity index (χ0v) is 17.0. The molecule has 1 heterocycles. The summed E-state index contributed by atoms with van der Waals surface area (Å²) in [6.45, 7) is 0.463. The van der Waals surface area contributed by atoms with Gasteiger partial charge in [0, 0.05) is 13.0 Å². The van der Waals surface area contributed by atoms with Gasteiger partial charge in [-0.25, -0.2) is 0 Å². The van der Waals surface area contributed by atoms with Gasteiger partial charge in [0.15, 0.2) is 4.77 Å². The Morgan fingerprint density at radius 2 is 1.73 bits per heavy atom. The number of carbonyl (C=O) groups excluding carboxylic acids is 2. The Bertz CT molecular complexity index is 1190. The molecule has 30 heavy (non-hydrogen) atoms. The Kier molecular flexibility index (Phi) is 6.97. The van der Waals surface area contributed by atoms with Crippen LogP contribution in [0.3, 0.4) is 0 Å². The van der Waals surface area contributed by atoms with Crippen molar-refractivity contribution in [3.63, 3.8) is 0 Å². The summed E-state index contributed by atoms with van der Waals surface area (Å²) in [4.78, 5) is 39.4. The quantitative estimate of drug-likeness (QED) is 0.263. The maximum absolute atomic E-state index is 12.6. The van der Waals surface area contributed by atoms with E-state index in [-0.39, 0.29) is 29.2 Å². The second-order valence-corrected chi connectivity index (χ2v) is 7.15. The van der Waals surface area contributed by atoms with E-state index in [1.165, 1.54) is 16.7 Å². The van der Waals surface area contributed by atoms with Crippen molar-refractivity contribution in [2.45, 2.75) is 32.2 Å². The average Bonchev–Trinajstić information content (AvgIpc) is 2.74. The van der Waals surface area contributed by atoms with Crippen LogP contribution in [0.2, 0.25) is 0 Å². The zero-order chi connectivity index (χ0) is 21.5. The van der Waals surface area contributed by atoms with Crippen LogP contribution in [0.15, 0.2) is 53.3 Å². The van der Waals surface area contributed by atoms with E-state index in [4.69, 9.17) is 12.2 Å². The Labute approximate surface area is 177 Å². The second-order valence-electron chi connectivity index (χ2n) is 6.76. The minimum atomic E-state index is -0.591. The van der Waals surface area contributed by atoms with Crippen molar-refractivity contribution in [3.05, 3.63) is 69.2 Å². The molecule has 3 aromatic rings. The highest BCUT2D eigenvalue weighted by atomic mass is 32.1. The number of nitrogens with one attached hydrogen (secondary N) is 3. The van der Waals surface area contributed by atoms with Gasteiger partial charge in [0.25, 0.3) is 11.5 Å². The molecule has 0 unspecified atom stereocenters. The van der Waals surface area contributed by atoms with E-state index in [0.717, 1.165) is 6.42 Å². The van der Waals surface area contributed by atoms with Gasteiger partial charge < -0.3 is 10.1 Å². The van der Waals surface area contributed by atoms with Crippen molar-refractivity contribution < 1.29 is 14.7 Å². The largest absolute Gasteiger partial charge is 0.507 e. The van der Waals surface area contributed by atoms with Crippen LogP contribution in [0.4, 0.5) is 0 Å². The maximum atomic E-state index is 12.6. The predicted octanol–water partition coefficient (Wildman–Crippen LogP) is 2.79. The standard InChI is InChI=1S/C21H22N4O4S/c26-17-11-6-4-9-15(17)19(28)24-23-18(27)12-2-1-7-13-25-20(29)14-8-3-5-10-16(14)22-21(25)30/h3-6,8-11,26H,1-2,7,12-13H2,(H,22,30)(H,23,27)(H,24,28). The minimum Gasteiger partial charge on any atom is -0.507 e. The van der Waals surface area contributed by atoms with Crippen molar-refractivity contribution in [1.82, 2.24) is 20.4 Å². The molecule has 0 aliphatic heterocycles. The molecule has 9 heteroatoms. The van der Waals surface area contributed by atoms with Gasteiger partial charge in [0.2, 0.25) is 5.91 Å². The van der Waals surface area contributed by atoms with Gasteiger partial charge in [-0.05, 0) is 49.3 Å². The smallest absolute Gasteiger partial charge is 0.273 e. The monoisotopic (exact) mass is 426 g/mol. The van der Waals surface area contributed by atoms with Crippen molar-refractivity contribution in [2.24, 2.45) is 0 Å². The highest BCUT2D eigenvalue weighted by molar-refractivity contribution is 7.71. The Hall–Kier alpha value is -3.46. The SMILES string of the molecule is O=C(CCCCCn1c(=S)[nH]c2ccccc2c1=O)NNC(=O)c1ccccc1O. The number of hydrogen-bond acceptors (Lipinski definition) is 5. The number of fused-ring (bicyclic) bond motifs is 1. The van der Waals surface area contributed by atoms with E-state index in [2.05, 4.69) is 15.8 Å². The third kappa shape index (κ3) is 5.12. The molecule has 1 aromatic heterocycles. The lowest BCUT2D eigenvalue weighted by Crippen LogP contribution is -2.41. The van der Waals surface area contributed by atoms with Crippen molar-refractivity contribution in [2.75, 3.05) is 0 Å². The van der Waals surface area contributed by atoms with E-state index in [1.807, 2.05) is 18.2 Å². The molecule has 0 bridgehead atoms. The van der Waals surface area contributed by atoms with Crippen LogP contribution in [0.1, 0.15) is 36.0 Å². The molecule has 4 N–H and O–H groups in total. The molecular formula is C21H22N4O4S. The van der Waals surface area contributed by atoms with Gasteiger partial charge in [-0.3, -0.25) is 29.8 Å². The summed E-state index contributed by atoms with van der Waals surface area (Å²) in [5.41, 5.74) is 5.27. The first-order valence-corrected chi connectivity index (χ1v) is 9.97. The van der Waals surface area contributed by atoms with E-state index in [1.54, 1.807) is 18.2 Å². The molecule has 0 aliphatic carbocycles. The van der Waals surface area contributed by atoms with E-state index >= 15 is 0 Å². The Balaban J connectivity index is 1.42. The number of hydrazine groups is 1. The number of unbranched alkanes of at least 4 members (excludes halogenated alkanes) is 2. The molecule has 0 atom stereocenters. The number of hydrogen-bond donors (Lipinski definition) is 4. The van der Waals surface area contributed by atoms with Gasteiger partial charge in [0.05, 0.1) is 16.5 Å². The Morgan fingerprint density at radius 3 is 2.53 bits per heavy atom. The Morgan fingerprint density at radius 1 is 1.00 bits per heavy atom. The second kappa shape index (κ2) is 9.84. The molecule has 0 saturated heterocycles. The summed E-state index contributed by atoms with van der Waals surface area (Å²) in [6.07, 6.45) is 2.22. The van der Waals surface area contributed by atoms with Gasteiger partial charge >= 0.3 is 0 Å². The van der Waals surface area contributed by atoms with E-state index in [9.17, 15) is 19.5 Å². The molecular weight excluding hydrogens is 404 g/mol. The normalized spacial score (nSPS) is 10.7. The molecule has 156 valence electrons. The highest BCUT2D eigenvalue weighted by Crippen LogP contribution is 2.14. The number of para-hydroxylation sites is 2. The topological polar surface area (TPSA) is 116 Å². The van der Waals surface area contributed by atoms with Crippen LogP contribution in [0, 0.1) is 4.77 Å². The van der Waals surface area contributed by atoms with Crippen molar-refractivity contribution >= 4 is 34.9 Å². The molecule has 0 saturated carbocycles. The van der Waals surface area contributed by atoms with Crippen molar-refractivity contribution in [1.29, 1.82) is 0 Å². The number of rotatable bonds is 7. The van der Waals surface area contributed by atoms with Gasteiger partial charge in [-0.1, -0.05) is 30.7 Å². The zero-order valence-electron chi connectivity index (χ0n) is 16.2. The summed E-state index contributed by atoms with van der Waals surface area (Å²) in [6, 6.07) is 13.3. The summed E-state index contributed by atoms with van der Waals surface area (Å²) in [5, 5.41) is 10.2. The summed E-state index contributed by atoms with van der Waals surface area (Å²) in [7, 11) is 0. The van der Waals surface area contributed by atoms with Crippen LogP contribution < -0.4 is 16.4 Å². The lowest BCUT2D eigenvalue weighted by molar-refractivity contribution is -0.122. The summed E-state index contributed by atoms with van der Waals surface area (Å²) in [5.74, 6) is -1.09. The number of phenols is 1. The molecule has 2 aromatic carbocycles. The van der Waals surface area contributed by atoms with Crippen molar-refractivity contribution in [3.8, 4) is 5.75 Å². The van der Waals surface area contributed by atoms with Gasteiger partial charge in [-0.2, -0.15) is 0 Å². The number of H-pyrrole nitrogens is 1. The lowest BCUT2D eigenvalue weighted by atomic mass is 10.2.